The fourth-order valence-corrected chi connectivity index (χ4v) is 7.18. The van der Waals surface area contributed by atoms with E-state index in [1.165, 1.54) is 32.5 Å². The maximum Gasteiger partial charge on any atom is 0.243 e. The largest absolute Gasteiger partial charge is 0.295 e. The van der Waals surface area contributed by atoms with Gasteiger partial charge in [0.25, 0.3) is 0 Å². The van der Waals surface area contributed by atoms with Crippen molar-refractivity contribution in [1.29, 1.82) is 0 Å². The zero-order valence-corrected chi connectivity index (χ0v) is 22.8. The number of thiophene rings is 1. The molecule has 3 aliphatic heterocycles. The summed E-state index contributed by atoms with van der Waals surface area (Å²) in [5.41, 5.74) is 6.09. The number of aromatic nitrogens is 2. The molecule has 192 valence electrons. The molecule has 1 saturated heterocycles. The lowest BCUT2D eigenvalue weighted by Crippen LogP contribution is -2.51. The van der Waals surface area contributed by atoms with Crippen molar-refractivity contribution < 1.29 is 9.59 Å². The van der Waals surface area contributed by atoms with E-state index in [-0.39, 0.29) is 23.2 Å². The number of carbonyl (C=O) groups excluding carboxylic acids is 2. The second-order valence-corrected chi connectivity index (χ2v) is 12.0. The number of imide groups is 1. The van der Waals surface area contributed by atoms with Crippen LogP contribution in [0.15, 0.2) is 36.7 Å². The van der Waals surface area contributed by atoms with E-state index in [4.69, 9.17) is 12.6 Å². The van der Waals surface area contributed by atoms with E-state index in [0.29, 0.717) is 25.3 Å². The van der Waals surface area contributed by atoms with Gasteiger partial charge >= 0.3 is 0 Å². The SMILES string of the molecule is CC(C)c1cc2c(C3=CCN(Cc4cccc5c4CN(C4CCC(=O)NC4=O)C5S)CC3)ncnc2s1. The molecule has 5 heterocycles. The van der Waals surface area contributed by atoms with Gasteiger partial charge in [0.2, 0.25) is 11.8 Å². The molecule has 1 N–H and O–H groups in total. The molecular weight excluding hydrogens is 502 g/mol. The number of thiol groups is 1. The molecule has 6 rings (SSSR count). The number of amides is 2. The smallest absolute Gasteiger partial charge is 0.243 e. The zero-order chi connectivity index (χ0) is 25.7. The van der Waals surface area contributed by atoms with Gasteiger partial charge in [0.05, 0.1) is 17.1 Å². The molecule has 7 nitrogen and oxygen atoms in total. The Morgan fingerprint density at radius 1 is 1.22 bits per heavy atom. The van der Waals surface area contributed by atoms with Crippen LogP contribution in [0.5, 0.6) is 0 Å². The van der Waals surface area contributed by atoms with E-state index in [1.807, 2.05) is 0 Å². The van der Waals surface area contributed by atoms with Crippen molar-refractivity contribution >= 4 is 51.6 Å². The molecule has 0 radical (unpaired) electrons. The van der Waals surface area contributed by atoms with Gasteiger partial charge in [-0.25, -0.2) is 9.97 Å². The summed E-state index contributed by atoms with van der Waals surface area (Å²) in [6.45, 7) is 7.80. The van der Waals surface area contributed by atoms with Gasteiger partial charge in [0, 0.05) is 42.9 Å². The molecule has 1 fully saturated rings. The summed E-state index contributed by atoms with van der Waals surface area (Å²) in [6.07, 6.45) is 5.89. The van der Waals surface area contributed by atoms with Crippen LogP contribution in [0, 0.1) is 0 Å². The lowest BCUT2D eigenvalue weighted by Gasteiger charge is -2.32. The molecule has 9 heteroatoms. The zero-order valence-electron chi connectivity index (χ0n) is 21.1. The highest BCUT2D eigenvalue weighted by molar-refractivity contribution is 7.80. The predicted molar refractivity (Wildman–Crippen MR) is 149 cm³/mol. The Bertz CT molecular complexity index is 1410. The number of nitrogens with one attached hydrogen (secondary N) is 1. The summed E-state index contributed by atoms with van der Waals surface area (Å²) in [6, 6.07) is 8.35. The minimum absolute atomic E-state index is 0.145. The molecule has 3 aliphatic rings. The fraction of sp³-hybridized carbons (Fsp3) is 0.429. The van der Waals surface area contributed by atoms with E-state index in [1.54, 1.807) is 17.7 Å². The molecule has 2 amide bonds. The van der Waals surface area contributed by atoms with E-state index in [9.17, 15) is 9.59 Å². The van der Waals surface area contributed by atoms with Gasteiger partial charge in [0.1, 0.15) is 11.2 Å². The number of hydrogen-bond acceptors (Lipinski definition) is 8. The monoisotopic (exact) mass is 533 g/mol. The highest BCUT2D eigenvalue weighted by Crippen LogP contribution is 2.41. The number of hydrogen-bond donors (Lipinski definition) is 2. The molecule has 3 aromatic rings. The van der Waals surface area contributed by atoms with Crippen molar-refractivity contribution in [3.8, 4) is 0 Å². The lowest BCUT2D eigenvalue weighted by atomic mass is 9.99. The van der Waals surface area contributed by atoms with Crippen LogP contribution in [0.1, 0.15) is 71.7 Å². The van der Waals surface area contributed by atoms with Crippen LogP contribution in [0.2, 0.25) is 0 Å². The Morgan fingerprint density at radius 2 is 2.08 bits per heavy atom. The summed E-state index contributed by atoms with van der Waals surface area (Å²) >= 11 is 6.64. The van der Waals surface area contributed by atoms with Gasteiger partial charge in [-0.3, -0.25) is 24.7 Å². The van der Waals surface area contributed by atoms with Crippen molar-refractivity contribution in [2.45, 2.75) is 63.5 Å². The van der Waals surface area contributed by atoms with Gasteiger partial charge in [-0.15, -0.1) is 11.3 Å². The van der Waals surface area contributed by atoms with Crippen LogP contribution in [0.4, 0.5) is 0 Å². The van der Waals surface area contributed by atoms with Gasteiger partial charge in [-0.1, -0.05) is 38.1 Å². The van der Waals surface area contributed by atoms with E-state index in [0.717, 1.165) is 36.6 Å². The second kappa shape index (κ2) is 9.94. The average Bonchev–Trinajstić information content (AvgIpc) is 3.47. The van der Waals surface area contributed by atoms with Crippen LogP contribution in [-0.2, 0) is 22.7 Å². The van der Waals surface area contributed by atoms with Gasteiger partial charge < -0.3 is 0 Å². The fourth-order valence-electron chi connectivity index (χ4n) is 5.69. The Morgan fingerprint density at radius 3 is 2.84 bits per heavy atom. The number of carbonyl (C=O) groups is 2. The van der Waals surface area contributed by atoms with Gasteiger partial charge in [-0.05, 0) is 47.1 Å². The van der Waals surface area contributed by atoms with Gasteiger partial charge in [0.15, 0.2) is 0 Å². The van der Waals surface area contributed by atoms with E-state index in [2.05, 4.69) is 69.3 Å². The first-order chi connectivity index (χ1) is 17.9. The summed E-state index contributed by atoms with van der Waals surface area (Å²) in [5, 5.41) is 3.52. The minimum atomic E-state index is -0.320. The molecule has 0 spiro atoms. The highest BCUT2D eigenvalue weighted by atomic mass is 32.1. The van der Waals surface area contributed by atoms with E-state index < -0.39 is 0 Å². The summed E-state index contributed by atoms with van der Waals surface area (Å²) in [7, 11) is 0. The minimum Gasteiger partial charge on any atom is -0.295 e. The third-order valence-electron chi connectivity index (χ3n) is 7.76. The predicted octanol–water partition coefficient (Wildman–Crippen LogP) is 4.65. The Labute approximate surface area is 226 Å². The average molecular weight is 534 g/mol. The number of nitrogens with zero attached hydrogens (tertiary/aromatic N) is 4. The Hall–Kier alpha value is -2.59. The van der Waals surface area contributed by atoms with Crippen LogP contribution >= 0.6 is 24.0 Å². The molecule has 1 aromatic carbocycles. The first kappa shape index (κ1) is 24.7. The summed E-state index contributed by atoms with van der Waals surface area (Å²) < 4.78 is 0. The van der Waals surface area contributed by atoms with Crippen LogP contribution in [0.3, 0.4) is 0 Å². The Kier molecular flexibility index (Phi) is 6.65. The van der Waals surface area contributed by atoms with Gasteiger partial charge in [-0.2, -0.15) is 12.6 Å². The normalized spacial score (nSPS) is 23.0. The highest BCUT2D eigenvalue weighted by Gasteiger charge is 2.39. The lowest BCUT2D eigenvalue weighted by molar-refractivity contribution is -0.137. The molecule has 37 heavy (non-hydrogen) atoms. The summed E-state index contributed by atoms with van der Waals surface area (Å²) in [4.78, 5) is 40.3. The third kappa shape index (κ3) is 4.63. The number of piperidine rings is 1. The second-order valence-electron chi connectivity index (χ2n) is 10.5. The standard InChI is InChI=1S/C28H31N5O2S2/c1-16(2)23-12-20-25(29-15-30-27(20)37-23)17-8-10-32(11-9-17)13-18-4-3-5-19-21(18)14-33(28(19)36)22-6-7-24(34)31-26(22)35/h3-5,8,12,15-16,22,28,36H,6-7,9-11,13-14H2,1-2H3,(H,31,34,35). The van der Waals surface area contributed by atoms with Crippen LogP contribution in [-0.4, -0.2) is 50.7 Å². The van der Waals surface area contributed by atoms with Crippen molar-refractivity contribution in [3.05, 3.63) is 63.9 Å². The van der Waals surface area contributed by atoms with Crippen molar-refractivity contribution in [2.24, 2.45) is 0 Å². The molecule has 0 bridgehead atoms. The quantitative estimate of drug-likeness (QED) is 0.367. The van der Waals surface area contributed by atoms with Crippen molar-refractivity contribution in [1.82, 2.24) is 25.1 Å². The first-order valence-electron chi connectivity index (χ1n) is 12.9. The molecular formula is C28H31N5O2S2. The number of benzene rings is 1. The third-order valence-corrected chi connectivity index (χ3v) is 9.68. The first-order valence-corrected chi connectivity index (χ1v) is 14.3. The molecule has 2 aromatic heterocycles. The maximum absolute atomic E-state index is 12.5. The Balaban J connectivity index is 1.18. The molecule has 2 unspecified atom stereocenters. The molecule has 0 saturated carbocycles. The topological polar surface area (TPSA) is 78.4 Å². The number of rotatable bonds is 5. The van der Waals surface area contributed by atoms with E-state index >= 15 is 0 Å². The van der Waals surface area contributed by atoms with Crippen molar-refractivity contribution in [3.63, 3.8) is 0 Å². The number of fused-ring (bicyclic) bond motifs is 2. The van der Waals surface area contributed by atoms with Crippen LogP contribution < -0.4 is 5.32 Å². The maximum atomic E-state index is 12.5. The van der Waals surface area contributed by atoms with Crippen LogP contribution in [0.25, 0.3) is 15.8 Å². The summed E-state index contributed by atoms with van der Waals surface area (Å²) in [5.74, 6) is 0.0931. The van der Waals surface area contributed by atoms with Crippen molar-refractivity contribution in [2.75, 3.05) is 13.1 Å². The molecule has 2 atom stereocenters. The molecule has 0 aliphatic carbocycles.